The molecule has 0 saturated carbocycles. The van der Waals surface area contributed by atoms with E-state index >= 15 is 0 Å². The Kier molecular flexibility index (Phi) is 9.39. The number of hydrogen-bond acceptors (Lipinski definition) is 4. The highest BCUT2D eigenvalue weighted by atomic mass is 16.5. The molecule has 0 bridgehead atoms. The Labute approximate surface area is 229 Å². The van der Waals surface area contributed by atoms with E-state index in [9.17, 15) is 14.7 Å². The van der Waals surface area contributed by atoms with Crippen LogP contribution in [0.1, 0.15) is 53.5 Å². The summed E-state index contributed by atoms with van der Waals surface area (Å²) in [4.78, 5) is 31.2. The minimum Gasteiger partial charge on any atom is -0.493 e. The fourth-order valence-electron chi connectivity index (χ4n) is 4.71. The zero-order chi connectivity index (χ0) is 27.8. The molecule has 3 N–H and O–H groups in total. The molecule has 0 unspecified atom stereocenters. The summed E-state index contributed by atoms with van der Waals surface area (Å²) < 4.78 is 5.90. The van der Waals surface area contributed by atoms with Gasteiger partial charge in [0.25, 0.3) is 11.8 Å². The summed E-state index contributed by atoms with van der Waals surface area (Å²) in [6, 6.07) is 20.5. The molecule has 0 aliphatic rings. The third-order valence-electron chi connectivity index (χ3n) is 6.90. The molecule has 0 aliphatic heterocycles. The number of para-hydroxylation sites is 1. The predicted molar refractivity (Wildman–Crippen MR) is 155 cm³/mol. The van der Waals surface area contributed by atoms with Crippen LogP contribution < -0.4 is 10.1 Å². The van der Waals surface area contributed by atoms with Crippen molar-refractivity contribution in [1.29, 1.82) is 0 Å². The third-order valence-corrected chi connectivity index (χ3v) is 6.90. The van der Waals surface area contributed by atoms with E-state index in [1.54, 1.807) is 4.90 Å². The van der Waals surface area contributed by atoms with E-state index in [1.807, 2.05) is 93.7 Å². The summed E-state index contributed by atoms with van der Waals surface area (Å²) in [5.41, 5.74) is 4.81. The monoisotopic (exact) mass is 527 g/mol. The molecule has 0 radical (unpaired) electrons. The van der Waals surface area contributed by atoms with Crippen molar-refractivity contribution in [3.8, 4) is 16.9 Å². The summed E-state index contributed by atoms with van der Waals surface area (Å²) >= 11 is 0. The molecule has 0 aliphatic carbocycles. The van der Waals surface area contributed by atoms with E-state index in [-0.39, 0.29) is 18.4 Å². The maximum absolute atomic E-state index is 13.5. The van der Waals surface area contributed by atoms with Gasteiger partial charge in [0.05, 0.1) is 24.8 Å². The summed E-state index contributed by atoms with van der Waals surface area (Å²) in [7, 11) is 0. The first-order valence-electron chi connectivity index (χ1n) is 13.6. The molecule has 7 nitrogen and oxygen atoms in total. The standard InChI is InChI=1S/C32H37N3O4/c1-4-17-39-30-16-15-24(22-11-13-23(14-12-22)32(38)35(5-2)6-3)19-28(30)31(37)34-26(21-36)18-25-20-33-29-10-8-7-9-27(25)29/h7-16,19-20,26,33,36H,4-6,17-18,21H2,1-3H3,(H,34,37)/t26-/m1/s1. The Morgan fingerprint density at radius 1 is 0.974 bits per heavy atom. The van der Waals surface area contributed by atoms with Gasteiger partial charge in [-0.15, -0.1) is 0 Å². The van der Waals surface area contributed by atoms with Crippen LogP contribution in [0.5, 0.6) is 5.75 Å². The number of ether oxygens (including phenoxy) is 1. The van der Waals surface area contributed by atoms with Gasteiger partial charge >= 0.3 is 0 Å². The Morgan fingerprint density at radius 3 is 2.38 bits per heavy atom. The third kappa shape index (κ3) is 6.49. The van der Waals surface area contributed by atoms with E-state index in [2.05, 4.69) is 10.3 Å². The van der Waals surface area contributed by atoms with Crippen molar-refractivity contribution in [3.63, 3.8) is 0 Å². The maximum atomic E-state index is 13.5. The zero-order valence-corrected chi connectivity index (χ0v) is 22.9. The maximum Gasteiger partial charge on any atom is 0.255 e. The van der Waals surface area contributed by atoms with E-state index in [4.69, 9.17) is 4.74 Å². The van der Waals surface area contributed by atoms with Gasteiger partial charge in [0.15, 0.2) is 0 Å². The van der Waals surface area contributed by atoms with Crippen LogP contribution in [0.25, 0.3) is 22.0 Å². The lowest BCUT2D eigenvalue weighted by Gasteiger charge is -2.19. The highest BCUT2D eigenvalue weighted by Gasteiger charge is 2.20. The number of carbonyl (C=O) groups excluding carboxylic acids is 2. The molecule has 1 atom stereocenters. The SMILES string of the molecule is CCCOc1ccc(-c2ccc(C(=O)N(CC)CC)cc2)cc1C(=O)N[C@@H](CO)Cc1c[nH]c2ccccc12. The molecule has 0 fully saturated rings. The Balaban J connectivity index is 1.57. The molecular formula is C32H37N3O4. The van der Waals surface area contributed by atoms with Gasteiger partial charge in [-0.1, -0.05) is 43.3 Å². The highest BCUT2D eigenvalue weighted by molar-refractivity contribution is 5.99. The normalized spacial score (nSPS) is 11.8. The molecule has 39 heavy (non-hydrogen) atoms. The van der Waals surface area contributed by atoms with Crippen LogP contribution in [0.4, 0.5) is 0 Å². The Morgan fingerprint density at radius 2 is 1.69 bits per heavy atom. The van der Waals surface area contributed by atoms with Crippen LogP contribution in [0.3, 0.4) is 0 Å². The second-order valence-electron chi connectivity index (χ2n) is 9.53. The fraction of sp³-hybridized carbons (Fsp3) is 0.312. The smallest absolute Gasteiger partial charge is 0.255 e. The number of H-pyrrole nitrogens is 1. The molecular weight excluding hydrogens is 490 g/mol. The van der Waals surface area contributed by atoms with Crippen molar-refractivity contribution in [2.75, 3.05) is 26.3 Å². The van der Waals surface area contributed by atoms with Gasteiger partial charge in [-0.2, -0.15) is 0 Å². The number of hydrogen-bond donors (Lipinski definition) is 3. The molecule has 1 aromatic heterocycles. The summed E-state index contributed by atoms with van der Waals surface area (Å²) in [5, 5.41) is 14.2. The van der Waals surface area contributed by atoms with E-state index in [0.717, 1.165) is 34.0 Å². The lowest BCUT2D eigenvalue weighted by molar-refractivity contribution is 0.0772. The van der Waals surface area contributed by atoms with Gasteiger partial charge in [0.1, 0.15) is 5.75 Å². The molecule has 1 heterocycles. The molecule has 7 heteroatoms. The number of amides is 2. The van der Waals surface area contributed by atoms with Crippen LogP contribution in [0.2, 0.25) is 0 Å². The topological polar surface area (TPSA) is 94.7 Å². The number of carbonyl (C=O) groups is 2. The molecule has 3 aromatic carbocycles. The van der Waals surface area contributed by atoms with Crippen molar-refractivity contribution in [1.82, 2.24) is 15.2 Å². The Hall–Kier alpha value is -4.10. The number of aromatic amines is 1. The number of aromatic nitrogens is 1. The van der Waals surface area contributed by atoms with Crippen molar-refractivity contribution in [2.24, 2.45) is 0 Å². The van der Waals surface area contributed by atoms with Crippen LogP contribution >= 0.6 is 0 Å². The molecule has 4 aromatic rings. The highest BCUT2D eigenvalue weighted by Crippen LogP contribution is 2.28. The summed E-state index contributed by atoms with van der Waals surface area (Å²) in [5.74, 6) is 0.186. The van der Waals surface area contributed by atoms with E-state index in [0.29, 0.717) is 43.0 Å². The molecule has 4 rings (SSSR count). The average molecular weight is 528 g/mol. The molecule has 0 spiro atoms. The van der Waals surface area contributed by atoms with Crippen molar-refractivity contribution in [2.45, 2.75) is 39.7 Å². The van der Waals surface area contributed by atoms with Gasteiger partial charge in [-0.05, 0) is 73.7 Å². The first kappa shape index (κ1) is 27.9. The first-order valence-corrected chi connectivity index (χ1v) is 13.6. The van der Waals surface area contributed by atoms with Crippen molar-refractivity contribution in [3.05, 3.63) is 89.6 Å². The van der Waals surface area contributed by atoms with Gasteiger partial charge in [-0.25, -0.2) is 0 Å². The van der Waals surface area contributed by atoms with Crippen LogP contribution in [0.15, 0.2) is 72.9 Å². The quantitative estimate of drug-likeness (QED) is 0.229. The predicted octanol–water partition coefficient (Wildman–Crippen LogP) is 5.44. The largest absolute Gasteiger partial charge is 0.493 e. The number of benzene rings is 3. The van der Waals surface area contributed by atoms with Crippen molar-refractivity contribution >= 4 is 22.7 Å². The van der Waals surface area contributed by atoms with Crippen molar-refractivity contribution < 1.29 is 19.4 Å². The van der Waals surface area contributed by atoms with Gasteiger partial charge in [0.2, 0.25) is 0 Å². The number of aliphatic hydroxyl groups is 1. The average Bonchev–Trinajstić information content (AvgIpc) is 3.38. The van der Waals surface area contributed by atoms with Crippen LogP contribution in [0, 0.1) is 0 Å². The minimum absolute atomic E-state index is 0.000163. The van der Waals surface area contributed by atoms with E-state index in [1.165, 1.54) is 0 Å². The lowest BCUT2D eigenvalue weighted by Crippen LogP contribution is -2.39. The lowest BCUT2D eigenvalue weighted by atomic mass is 10.00. The molecule has 204 valence electrons. The summed E-state index contributed by atoms with van der Waals surface area (Å²) in [6.45, 7) is 7.55. The van der Waals surface area contributed by atoms with Crippen LogP contribution in [-0.2, 0) is 6.42 Å². The summed E-state index contributed by atoms with van der Waals surface area (Å²) in [6.07, 6.45) is 3.22. The van der Waals surface area contributed by atoms with Crippen LogP contribution in [-0.4, -0.2) is 59.1 Å². The zero-order valence-electron chi connectivity index (χ0n) is 22.9. The van der Waals surface area contributed by atoms with Gasteiger partial charge in [0, 0.05) is 35.8 Å². The number of fused-ring (bicyclic) bond motifs is 1. The number of aliphatic hydroxyl groups excluding tert-OH is 1. The second kappa shape index (κ2) is 13.1. The minimum atomic E-state index is -0.468. The fourth-order valence-corrected chi connectivity index (χ4v) is 4.71. The second-order valence-corrected chi connectivity index (χ2v) is 9.53. The molecule has 2 amide bonds. The first-order chi connectivity index (χ1) is 19.0. The number of nitrogens with one attached hydrogen (secondary N) is 2. The molecule has 0 saturated heterocycles. The van der Waals surface area contributed by atoms with E-state index < -0.39 is 6.04 Å². The number of rotatable bonds is 12. The Bertz CT molecular complexity index is 1410. The van der Waals surface area contributed by atoms with Gasteiger partial charge in [-0.3, -0.25) is 9.59 Å². The number of nitrogens with zero attached hydrogens (tertiary/aromatic N) is 1. The van der Waals surface area contributed by atoms with Gasteiger partial charge < -0.3 is 25.0 Å².